The molecule has 2 atom stereocenters. The Morgan fingerprint density at radius 3 is 2.86 bits per heavy atom. The van der Waals surface area contributed by atoms with Crippen LogP contribution in [0, 0.1) is 5.92 Å². The zero-order valence-corrected chi connectivity index (χ0v) is 12.8. The van der Waals surface area contributed by atoms with Gasteiger partial charge in [0.1, 0.15) is 0 Å². The Bertz CT molecular complexity index is 598. The Hall–Kier alpha value is -1.43. The minimum absolute atomic E-state index is 0.224. The fraction of sp³-hybridized carbons (Fsp3) is 0.467. The van der Waals surface area contributed by atoms with E-state index in [2.05, 4.69) is 22.0 Å². The van der Waals surface area contributed by atoms with Crippen molar-refractivity contribution in [2.45, 2.75) is 25.9 Å². The highest BCUT2D eigenvalue weighted by molar-refractivity contribution is 6.30. The summed E-state index contributed by atoms with van der Waals surface area (Å²) in [5.41, 5.74) is 6.99. The van der Waals surface area contributed by atoms with E-state index < -0.39 is 0 Å². The molecule has 0 spiro atoms. The minimum atomic E-state index is 0.224. The summed E-state index contributed by atoms with van der Waals surface area (Å²) in [4.78, 5) is 6.72. The van der Waals surface area contributed by atoms with E-state index in [4.69, 9.17) is 21.9 Å². The second kappa shape index (κ2) is 6.13. The number of hydrogen-bond donors (Lipinski definition) is 1. The van der Waals surface area contributed by atoms with E-state index >= 15 is 0 Å². The molecule has 2 N–H and O–H groups in total. The van der Waals surface area contributed by atoms with E-state index in [1.807, 2.05) is 24.3 Å². The fourth-order valence-electron chi connectivity index (χ4n) is 2.54. The molecule has 0 amide bonds. The van der Waals surface area contributed by atoms with Crippen LogP contribution in [0.15, 0.2) is 28.8 Å². The van der Waals surface area contributed by atoms with Crippen LogP contribution in [0.4, 0.5) is 0 Å². The van der Waals surface area contributed by atoms with Crippen LogP contribution in [0.1, 0.15) is 19.2 Å². The van der Waals surface area contributed by atoms with Crippen molar-refractivity contribution < 1.29 is 4.52 Å². The lowest BCUT2D eigenvalue weighted by Crippen LogP contribution is -2.47. The number of rotatable bonds is 3. The predicted octanol–water partition coefficient (Wildman–Crippen LogP) is 2.56. The summed E-state index contributed by atoms with van der Waals surface area (Å²) in [5.74, 6) is 1.80. The second-order valence-electron chi connectivity index (χ2n) is 5.69. The fourth-order valence-corrected chi connectivity index (χ4v) is 2.67. The van der Waals surface area contributed by atoms with Crippen molar-refractivity contribution in [1.82, 2.24) is 15.0 Å². The van der Waals surface area contributed by atoms with E-state index in [0.717, 1.165) is 25.1 Å². The van der Waals surface area contributed by atoms with Gasteiger partial charge in [0.05, 0.1) is 6.54 Å². The lowest BCUT2D eigenvalue weighted by atomic mass is 9.94. The normalized spacial score (nSPS) is 23.4. The Morgan fingerprint density at radius 1 is 1.38 bits per heavy atom. The quantitative estimate of drug-likeness (QED) is 0.944. The maximum Gasteiger partial charge on any atom is 0.257 e. The van der Waals surface area contributed by atoms with E-state index in [1.54, 1.807) is 0 Å². The molecule has 1 aliphatic rings. The molecule has 21 heavy (non-hydrogen) atoms. The molecule has 1 saturated heterocycles. The number of nitrogens with two attached hydrogens (primary N) is 1. The van der Waals surface area contributed by atoms with Gasteiger partial charge in [-0.2, -0.15) is 4.98 Å². The molecule has 5 nitrogen and oxygen atoms in total. The number of hydrogen-bond acceptors (Lipinski definition) is 5. The van der Waals surface area contributed by atoms with Gasteiger partial charge in [0.25, 0.3) is 5.89 Å². The summed E-state index contributed by atoms with van der Waals surface area (Å²) >= 11 is 5.87. The average molecular weight is 307 g/mol. The van der Waals surface area contributed by atoms with Crippen LogP contribution in [0.25, 0.3) is 11.5 Å². The van der Waals surface area contributed by atoms with Gasteiger partial charge in [-0.25, -0.2) is 0 Å². The second-order valence-corrected chi connectivity index (χ2v) is 6.12. The van der Waals surface area contributed by atoms with Gasteiger partial charge in [0.2, 0.25) is 0 Å². The Labute approximate surface area is 129 Å². The summed E-state index contributed by atoms with van der Waals surface area (Å²) in [6, 6.07) is 7.59. The molecule has 3 rings (SSSR count). The minimum Gasteiger partial charge on any atom is -0.334 e. The monoisotopic (exact) mass is 306 g/mol. The maximum absolute atomic E-state index is 6.11. The van der Waals surface area contributed by atoms with Crippen LogP contribution >= 0.6 is 11.6 Å². The van der Waals surface area contributed by atoms with Crippen molar-refractivity contribution in [2.75, 3.05) is 13.1 Å². The third-order valence-corrected chi connectivity index (χ3v) is 4.28. The smallest absolute Gasteiger partial charge is 0.257 e. The lowest BCUT2D eigenvalue weighted by molar-refractivity contribution is 0.157. The van der Waals surface area contributed by atoms with Crippen molar-refractivity contribution in [1.29, 1.82) is 0 Å². The number of likely N-dealkylation sites (tertiary alicyclic amines) is 1. The number of halogens is 1. The van der Waals surface area contributed by atoms with E-state index in [1.165, 1.54) is 0 Å². The van der Waals surface area contributed by atoms with Gasteiger partial charge < -0.3 is 10.3 Å². The predicted molar refractivity (Wildman–Crippen MR) is 81.8 cm³/mol. The van der Waals surface area contributed by atoms with Gasteiger partial charge >= 0.3 is 0 Å². The SMILES string of the molecule is CC1CCN(Cc2noc(-c3ccc(Cl)cc3)n2)CC1N. The van der Waals surface area contributed by atoms with Crippen LogP contribution in [0.2, 0.25) is 5.02 Å². The first-order valence-corrected chi connectivity index (χ1v) is 7.56. The summed E-state index contributed by atoms with van der Waals surface area (Å²) in [6.07, 6.45) is 1.11. The summed E-state index contributed by atoms with van der Waals surface area (Å²) < 4.78 is 5.32. The molecule has 0 radical (unpaired) electrons. The van der Waals surface area contributed by atoms with Crippen molar-refractivity contribution in [3.8, 4) is 11.5 Å². The topological polar surface area (TPSA) is 68.2 Å². The highest BCUT2D eigenvalue weighted by atomic mass is 35.5. The van der Waals surface area contributed by atoms with Gasteiger partial charge in [-0.3, -0.25) is 4.90 Å². The van der Waals surface area contributed by atoms with Crippen LogP contribution < -0.4 is 5.73 Å². The van der Waals surface area contributed by atoms with Gasteiger partial charge in [-0.05, 0) is 43.1 Å². The summed E-state index contributed by atoms with van der Waals surface area (Å²) in [6.45, 7) is 4.79. The third-order valence-electron chi connectivity index (χ3n) is 4.02. The number of benzene rings is 1. The zero-order chi connectivity index (χ0) is 14.8. The molecule has 1 aliphatic heterocycles. The van der Waals surface area contributed by atoms with Crippen molar-refractivity contribution in [3.63, 3.8) is 0 Å². The first-order valence-electron chi connectivity index (χ1n) is 7.18. The number of nitrogens with zero attached hydrogens (tertiary/aromatic N) is 3. The molecule has 0 bridgehead atoms. The first kappa shape index (κ1) is 14.5. The van der Waals surface area contributed by atoms with Crippen LogP contribution in [0.5, 0.6) is 0 Å². The molecule has 6 heteroatoms. The Balaban J connectivity index is 1.66. The molecule has 112 valence electrons. The molecule has 2 heterocycles. The van der Waals surface area contributed by atoms with Crippen molar-refractivity contribution in [2.24, 2.45) is 11.7 Å². The molecule has 0 saturated carbocycles. The summed E-state index contributed by atoms with van der Waals surface area (Å²) in [7, 11) is 0. The maximum atomic E-state index is 6.11. The number of aromatic nitrogens is 2. The van der Waals surface area contributed by atoms with Crippen LogP contribution in [-0.2, 0) is 6.54 Å². The van der Waals surface area contributed by atoms with Crippen LogP contribution in [-0.4, -0.2) is 34.2 Å². The van der Waals surface area contributed by atoms with E-state index in [9.17, 15) is 0 Å². The van der Waals surface area contributed by atoms with Gasteiger partial charge in [-0.15, -0.1) is 0 Å². The van der Waals surface area contributed by atoms with E-state index in [0.29, 0.717) is 29.2 Å². The van der Waals surface area contributed by atoms with E-state index in [-0.39, 0.29) is 6.04 Å². The van der Waals surface area contributed by atoms with Crippen LogP contribution in [0.3, 0.4) is 0 Å². The molecule has 1 aromatic heterocycles. The standard InChI is InChI=1S/C15H19ClN4O/c1-10-6-7-20(8-13(10)17)9-14-18-15(21-19-14)11-2-4-12(16)5-3-11/h2-5,10,13H,6-9,17H2,1H3. The molecule has 1 fully saturated rings. The molecule has 2 aromatic rings. The molecular weight excluding hydrogens is 288 g/mol. The van der Waals surface area contributed by atoms with Gasteiger partial charge in [0, 0.05) is 23.2 Å². The zero-order valence-electron chi connectivity index (χ0n) is 12.0. The average Bonchev–Trinajstić information content (AvgIpc) is 2.92. The molecule has 1 aromatic carbocycles. The Kier molecular flexibility index (Phi) is 4.24. The highest BCUT2D eigenvalue weighted by Gasteiger charge is 2.24. The Morgan fingerprint density at radius 2 is 2.14 bits per heavy atom. The molecular formula is C15H19ClN4O. The first-order chi connectivity index (χ1) is 10.1. The highest BCUT2D eigenvalue weighted by Crippen LogP contribution is 2.21. The number of piperidine rings is 1. The largest absolute Gasteiger partial charge is 0.334 e. The van der Waals surface area contributed by atoms with Gasteiger partial charge in [-0.1, -0.05) is 23.7 Å². The van der Waals surface area contributed by atoms with Gasteiger partial charge in [0.15, 0.2) is 5.82 Å². The van der Waals surface area contributed by atoms with Crippen molar-refractivity contribution in [3.05, 3.63) is 35.1 Å². The summed E-state index contributed by atoms with van der Waals surface area (Å²) in [5, 5.41) is 4.74. The lowest BCUT2D eigenvalue weighted by Gasteiger charge is -2.34. The van der Waals surface area contributed by atoms with Crippen molar-refractivity contribution >= 4 is 11.6 Å². The third kappa shape index (κ3) is 3.43. The molecule has 2 unspecified atom stereocenters. The molecule has 0 aliphatic carbocycles.